The summed E-state index contributed by atoms with van der Waals surface area (Å²) in [5, 5.41) is 6.95. The van der Waals surface area contributed by atoms with Gasteiger partial charge in [0.2, 0.25) is 16.0 Å². The Kier molecular flexibility index (Phi) is 5.11. The number of sulfonamides is 1. The summed E-state index contributed by atoms with van der Waals surface area (Å²) >= 11 is 3.26. The molecule has 2 aliphatic rings. The Morgan fingerprint density at radius 3 is 2.64 bits per heavy atom. The van der Waals surface area contributed by atoms with Crippen molar-refractivity contribution in [3.63, 3.8) is 0 Å². The summed E-state index contributed by atoms with van der Waals surface area (Å²) in [6.45, 7) is 3.95. The van der Waals surface area contributed by atoms with E-state index in [1.165, 1.54) is 15.0 Å². The highest BCUT2D eigenvalue weighted by molar-refractivity contribution is 9.10. The van der Waals surface area contributed by atoms with Crippen LogP contribution in [-0.4, -0.2) is 57.9 Å². The predicted octanol–water partition coefficient (Wildman–Crippen LogP) is 3.07. The molecule has 0 bridgehead atoms. The summed E-state index contributed by atoms with van der Waals surface area (Å²) in [6.07, 6.45) is 1.62. The van der Waals surface area contributed by atoms with E-state index < -0.39 is 28.1 Å². The van der Waals surface area contributed by atoms with Crippen LogP contribution < -0.4 is 5.32 Å². The number of nitrogens with zero attached hydrogens (tertiary/aromatic N) is 4. The number of alkyl halides is 1. The lowest BCUT2D eigenvalue weighted by molar-refractivity contribution is 0.185. The predicted molar refractivity (Wildman–Crippen MR) is 105 cm³/mol. The number of aromatic nitrogens is 3. The quantitative estimate of drug-likeness (QED) is 0.715. The second kappa shape index (κ2) is 7.17. The van der Waals surface area contributed by atoms with Gasteiger partial charge in [-0.3, -0.25) is 0 Å². The molecule has 4 rings (SSSR count). The largest absolute Gasteiger partial charge is 0.347 e. The van der Waals surface area contributed by atoms with Gasteiger partial charge in [-0.2, -0.15) is 4.31 Å². The van der Waals surface area contributed by atoms with Crippen LogP contribution in [0.5, 0.6) is 0 Å². The molecule has 2 atom stereocenters. The molecule has 28 heavy (non-hydrogen) atoms. The van der Waals surface area contributed by atoms with Crippen molar-refractivity contribution in [1.29, 1.82) is 0 Å². The molecule has 0 aromatic carbocycles. The van der Waals surface area contributed by atoms with Crippen LogP contribution in [0.3, 0.4) is 0 Å². The van der Waals surface area contributed by atoms with Gasteiger partial charge in [0.25, 0.3) is 0 Å². The molecule has 0 amide bonds. The Morgan fingerprint density at radius 1 is 1.32 bits per heavy atom. The number of rotatable bonds is 5. The Bertz CT molecular complexity index is 1010. The van der Waals surface area contributed by atoms with Crippen molar-refractivity contribution in [1.82, 2.24) is 18.9 Å². The lowest BCUT2D eigenvalue weighted by Gasteiger charge is -2.34. The number of hydrogen-bond donors (Lipinski definition) is 1. The first-order valence-electron chi connectivity index (χ1n) is 9.32. The van der Waals surface area contributed by atoms with Gasteiger partial charge in [-0.05, 0) is 41.1 Å². The molecule has 2 aromatic rings. The van der Waals surface area contributed by atoms with Gasteiger partial charge in [0.1, 0.15) is 11.7 Å². The van der Waals surface area contributed by atoms with Crippen molar-refractivity contribution in [3.8, 4) is 0 Å². The Morgan fingerprint density at radius 2 is 2.04 bits per heavy atom. The molecule has 11 heteroatoms. The van der Waals surface area contributed by atoms with Crippen LogP contribution in [-0.2, 0) is 10.0 Å². The third kappa shape index (κ3) is 3.41. The van der Waals surface area contributed by atoms with Crippen LogP contribution in [0.1, 0.15) is 44.7 Å². The molecule has 0 spiro atoms. The Balaban J connectivity index is 1.53. The number of anilines is 1. The highest BCUT2D eigenvalue weighted by Gasteiger charge is 2.43. The zero-order valence-electron chi connectivity index (χ0n) is 15.6. The molecule has 1 saturated heterocycles. The molecule has 1 saturated carbocycles. The SMILES string of the molecule is CC(C)c1c(Br)c(F)c2cnc(N[C@@H]3CCN(S(=O)(=O)C4CC4)C[C@H]3F)nn12. The minimum absolute atomic E-state index is 0.0129. The van der Waals surface area contributed by atoms with Crippen LogP contribution in [0.2, 0.25) is 0 Å². The standard InChI is InChI=1S/C17H22BrF2N5O2S/c1-9(2)16-14(18)15(20)13-7-21-17(23-25(13)16)22-12-5-6-24(8-11(12)19)28(26,27)10-3-4-10/h7,9-12H,3-6,8H2,1-2H3,(H,22,23)/t11-,12-/m1/s1. The van der Waals surface area contributed by atoms with E-state index >= 15 is 0 Å². The highest BCUT2D eigenvalue weighted by Crippen LogP contribution is 2.34. The first kappa shape index (κ1) is 20.0. The van der Waals surface area contributed by atoms with E-state index in [0.717, 1.165) is 0 Å². The van der Waals surface area contributed by atoms with E-state index in [0.29, 0.717) is 29.4 Å². The summed E-state index contributed by atoms with van der Waals surface area (Å²) in [5.74, 6) is -0.237. The first-order chi connectivity index (χ1) is 13.2. The van der Waals surface area contributed by atoms with Gasteiger partial charge in [-0.1, -0.05) is 13.8 Å². The molecule has 1 N–H and O–H groups in total. The van der Waals surface area contributed by atoms with Crippen molar-refractivity contribution in [2.24, 2.45) is 0 Å². The number of hydrogen-bond acceptors (Lipinski definition) is 5. The van der Waals surface area contributed by atoms with Crippen molar-refractivity contribution in [3.05, 3.63) is 22.2 Å². The van der Waals surface area contributed by atoms with Crippen LogP contribution in [0.4, 0.5) is 14.7 Å². The zero-order chi connectivity index (χ0) is 20.2. The van der Waals surface area contributed by atoms with Gasteiger partial charge in [0.15, 0.2) is 5.82 Å². The van der Waals surface area contributed by atoms with E-state index in [2.05, 4.69) is 31.3 Å². The number of halogens is 3. The minimum atomic E-state index is -3.38. The van der Waals surface area contributed by atoms with Crippen LogP contribution in [0.15, 0.2) is 10.7 Å². The number of fused-ring (bicyclic) bond motifs is 1. The fourth-order valence-electron chi connectivity index (χ4n) is 3.58. The fourth-order valence-corrected chi connectivity index (χ4v) is 6.27. The van der Waals surface area contributed by atoms with Crippen molar-refractivity contribution in [2.75, 3.05) is 18.4 Å². The van der Waals surface area contributed by atoms with Gasteiger partial charge in [0, 0.05) is 13.1 Å². The van der Waals surface area contributed by atoms with Gasteiger partial charge in [-0.15, -0.1) is 5.10 Å². The third-order valence-corrected chi connectivity index (χ3v) is 8.39. The molecular formula is C17H22BrF2N5O2S. The van der Waals surface area contributed by atoms with E-state index in [4.69, 9.17) is 0 Å². The van der Waals surface area contributed by atoms with Crippen LogP contribution in [0.25, 0.3) is 5.52 Å². The molecule has 0 unspecified atom stereocenters. The Labute approximate surface area is 170 Å². The summed E-state index contributed by atoms with van der Waals surface area (Å²) in [7, 11) is -3.38. The van der Waals surface area contributed by atoms with Gasteiger partial charge >= 0.3 is 0 Å². The first-order valence-corrected chi connectivity index (χ1v) is 11.6. The summed E-state index contributed by atoms with van der Waals surface area (Å²) in [4.78, 5) is 4.11. The van der Waals surface area contributed by atoms with Gasteiger partial charge in [0.05, 0.1) is 27.7 Å². The van der Waals surface area contributed by atoms with Gasteiger partial charge < -0.3 is 5.32 Å². The topological polar surface area (TPSA) is 79.6 Å². The molecular weight excluding hydrogens is 456 g/mol. The minimum Gasteiger partial charge on any atom is -0.347 e. The molecule has 154 valence electrons. The second-order valence-corrected chi connectivity index (χ2v) is 10.7. The van der Waals surface area contributed by atoms with Crippen molar-refractivity contribution in [2.45, 2.75) is 56.5 Å². The van der Waals surface area contributed by atoms with Crippen LogP contribution >= 0.6 is 15.9 Å². The van der Waals surface area contributed by atoms with E-state index in [1.54, 1.807) is 0 Å². The molecule has 1 aliphatic heterocycles. The highest BCUT2D eigenvalue weighted by atomic mass is 79.9. The fraction of sp³-hybridized carbons (Fsp3) is 0.647. The molecule has 1 aliphatic carbocycles. The summed E-state index contributed by atoms with van der Waals surface area (Å²) in [6, 6.07) is -0.602. The lowest BCUT2D eigenvalue weighted by Crippen LogP contribution is -2.50. The maximum absolute atomic E-state index is 14.7. The molecule has 3 heterocycles. The Hall–Kier alpha value is -1.33. The lowest BCUT2D eigenvalue weighted by atomic mass is 10.1. The smallest absolute Gasteiger partial charge is 0.241 e. The van der Waals surface area contributed by atoms with Gasteiger partial charge in [-0.25, -0.2) is 26.7 Å². The monoisotopic (exact) mass is 477 g/mol. The zero-order valence-corrected chi connectivity index (χ0v) is 18.0. The number of piperidine rings is 1. The van der Waals surface area contributed by atoms with Crippen LogP contribution in [0, 0.1) is 5.82 Å². The maximum Gasteiger partial charge on any atom is 0.241 e. The van der Waals surface area contributed by atoms with Crippen molar-refractivity contribution < 1.29 is 17.2 Å². The summed E-state index contributed by atoms with van der Waals surface area (Å²) in [5.41, 5.74) is 0.906. The van der Waals surface area contributed by atoms with Crippen molar-refractivity contribution >= 4 is 37.4 Å². The summed E-state index contributed by atoms with van der Waals surface area (Å²) < 4.78 is 56.7. The normalized spacial score (nSPS) is 24.2. The number of nitrogens with one attached hydrogen (secondary N) is 1. The molecule has 0 radical (unpaired) electrons. The molecule has 2 fully saturated rings. The second-order valence-electron chi connectivity index (χ2n) is 7.70. The average molecular weight is 478 g/mol. The van der Waals surface area contributed by atoms with E-state index in [-0.39, 0.29) is 35.7 Å². The maximum atomic E-state index is 14.7. The molecule has 2 aromatic heterocycles. The average Bonchev–Trinajstić information content (AvgIpc) is 3.45. The van der Waals surface area contributed by atoms with E-state index in [9.17, 15) is 17.2 Å². The molecule has 7 nitrogen and oxygen atoms in total. The third-order valence-electron chi connectivity index (χ3n) is 5.27. The van der Waals surface area contributed by atoms with E-state index in [1.807, 2.05) is 13.8 Å².